The van der Waals surface area contributed by atoms with Crippen molar-refractivity contribution < 1.29 is 24.4 Å². The third-order valence-corrected chi connectivity index (χ3v) is 4.72. The van der Waals surface area contributed by atoms with E-state index in [2.05, 4.69) is 0 Å². The molecule has 3 aliphatic rings. The van der Waals surface area contributed by atoms with Crippen LogP contribution in [-0.4, -0.2) is 35.0 Å². The molecule has 0 saturated carbocycles. The van der Waals surface area contributed by atoms with Crippen LogP contribution in [0.4, 0.5) is 11.4 Å². The lowest BCUT2D eigenvalue weighted by molar-refractivity contribution is -0.384. The maximum Gasteiger partial charge on any atom is 0.271 e. The van der Waals surface area contributed by atoms with E-state index in [4.69, 9.17) is 4.74 Å². The molecule has 1 spiro atoms. The van der Waals surface area contributed by atoms with Gasteiger partial charge in [-0.15, -0.1) is 0 Å². The normalized spacial score (nSPS) is 34.0. The molecule has 0 aromatic heterocycles. The minimum atomic E-state index is -1.32. The Morgan fingerprint density at radius 1 is 1.43 bits per heavy atom. The van der Waals surface area contributed by atoms with Crippen LogP contribution >= 0.6 is 0 Å². The van der Waals surface area contributed by atoms with E-state index in [0.717, 1.165) is 0 Å². The van der Waals surface area contributed by atoms with E-state index in [0.29, 0.717) is 5.69 Å². The molecule has 4 atom stereocenters. The summed E-state index contributed by atoms with van der Waals surface area (Å²) >= 11 is 0. The number of amides is 1. The lowest BCUT2D eigenvalue weighted by Crippen LogP contribution is -2.45. The summed E-state index contributed by atoms with van der Waals surface area (Å²) in [6.07, 6.45) is 2.71. The fourth-order valence-corrected chi connectivity index (χ4v) is 3.76. The van der Waals surface area contributed by atoms with E-state index < -0.39 is 40.3 Å². The number of ether oxygens (including phenoxy) is 1. The number of nitro groups is 1. The third-order valence-electron chi connectivity index (χ3n) is 4.72. The molecule has 0 N–H and O–H groups in total. The topological polar surface area (TPSA) is 113 Å². The van der Waals surface area contributed by atoms with Gasteiger partial charge in [0.1, 0.15) is 5.60 Å². The van der Waals surface area contributed by atoms with Gasteiger partial charge in [0, 0.05) is 24.0 Å². The van der Waals surface area contributed by atoms with Gasteiger partial charge in [-0.2, -0.15) is 0 Å². The zero-order valence-electron chi connectivity index (χ0n) is 11.7. The summed E-state index contributed by atoms with van der Waals surface area (Å²) in [7, 11) is 0. The maximum atomic E-state index is 12.7. The lowest BCUT2D eigenvalue weighted by atomic mass is 9.77. The molecule has 2 bridgehead atoms. The van der Waals surface area contributed by atoms with E-state index >= 15 is 0 Å². The van der Waals surface area contributed by atoms with Crippen LogP contribution in [-0.2, 0) is 14.3 Å². The molecule has 2 saturated heterocycles. The Labute approximate surface area is 130 Å². The molecule has 0 unspecified atom stereocenters. The van der Waals surface area contributed by atoms with Crippen LogP contribution in [0.25, 0.3) is 0 Å². The first-order valence-corrected chi connectivity index (χ1v) is 7.07. The van der Waals surface area contributed by atoms with Crippen molar-refractivity contribution in [1.82, 2.24) is 0 Å². The number of rotatable bonds is 3. The number of carboxylic acids is 1. The Balaban J connectivity index is 1.73. The SMILES string of the molecule is O=C([O-])[C@H]1[C@@H]2C=C[C@]3(CN(c4cccc([N+](=O)[O-])c4)C(=O)[C@H]13)O2. The van der Waals surface area contributed by atoms with Crippen LogP contribution in [0.1, 0.15) is 0 Å². The first-order chi connectivity index (χ1) is 10.9. The smallest absolute Gasteiger partial charge is 0.271 e. The number of non-ortho nitro benzene ring substituents is 1. The fourth-order valence-electron chi connectivity index (χ4n) is 3.76. The monoisotopic (exact) mass is 315 g/mol. The Hall–Kier alpha value is -2.74. The van der Waals surface area contributed by atoms with Crippen LogP contribution in [0, 0.1) is 22.0 Å². The number of fused-ring (bicyclic) bond motifs is 1. The van der Waals surface area contributed by atoms with Gasteiger partial charge in [0.05, 0.1) is 29.2 Å². The minimum absolute atomic E-state index is 0.133. The Kier molecular flexibility index (Phi) is 2.65. The number of carbonyl (C=O) groups is 2. The summed E-state index contributed by atoms with van der Waals surface area (Å²) in [5.74, 6) is -3.62. The number of benzene rings is 1. The van der Waals surface area contributed by atoms with Gasteiger partial charge in [-0.1, -0.05) is 18.2 Å². The van der Waals surface area contributed by atoms with Crippen molar-refractivity contribution in [3.63, 3.8) is 0 Å². The van der Waals surface area contributed by atoms with Crippen molar-refractivity contribution in [3.05, 3.63) is 46.5 Å². The summed E-state index contributed by atoms with van der Waals surface area (Å²) in [6, 6.07) is 5.68. The van der Waals surface area contributed by atoms with Gasteiger partial charge in [0.15, 0.2) is 0 Å². The molecule has 3 aliphatic heterocycles. The Morgan fingerprint density at radius 3 is 2.91 bits per heavy atom. The molecule has 0 aliphatic carbocycles. The number of aliphatic carboxylic acids is 1. The van der Waals surface area contributed by atoms with E-state index in [9.17, 15) is 24.8 Å². The highest BCUT2D eigenvalue weighted by atomic mass is 16.6. The first kappa shape index (κ1) is 13.9. The van der Waals surface area contributed by atoms with Crippen molar-refractivity contribution in [2.75, 3.05) is 11.4 Å². The van der Waals surface area contributed by atoms with Crippen molar-refractivity contribution >= 4 is 23.3 Å². The molecule has 0 radical (unpaired) electrons. The molecular formula is C15H11N2O6-. The van der Waals surface area contributed by atoms with Crippen LogP contribution in [0.3, 0.4) is 0 Å². The Morgan fingerprint density at radius 2 is 2.22 bits per heavy atom. The summed E-state index contributed by atoms with van der Waals surface area (Å²) in [5, 5.41) is 22.3. The molecular weight excluding hydrogens is 304 g/mol. The molecule has 8 nitrogen and oxygen atoms in total. The van der Waals surface area contributed by atoms with Crippen molar-refractivity contribution in [2.45, 2.75) is 11.7 Å². The van der Waals surface area contributed by atoms with Crippen LogP contribution < -0.4 is 10.0 Å². The number of hydrogen-bond donors (Lipinski definition) is 0. The Bertz CT molecular complexity index is 775. The van der Waals surface area contributed by atoms with Crippen LogP contribution in [0.15, 0.2) is 36.4 Å². The second-order valence-corrected chi connectivity index (χ2v) is 5.92. The van der Waals surface area contributed by atoms with Crippen LogP contribution in [0.5, 0.6) is 0 Å². The van der Waals surface area contributed by atoms with Crippen molar-refractivity contribution in [1.29, 1.82) is 0 Å². The molecule has 8 heteroatoms. The molecule has 1 aromatic carbocycles. The van der Waals surface area contributed by atoms with Crippen LogP contribution in [0.2, 0.25) is 0 Å². The van der Waals surface area contributed by atoms with Gasteiger partial charge < -0.3 is 19.5 Å². The lowest BCUT2D eigenvalue weighted by Gasteiger charge is -2.24. The average Bonchev–Trinajstić information content (AvgIpc) is 3.15. The van der Waals surface area contributed by atoms with E-state index in [1.807, 2.05) is 0 Å². The molecule has 4 rings (SSSR count). The van der Waals surface area contributed by atoms with E-state index in [-0.39, 0.29) is 12.2 Å². The first-order valence-electron chi connectivity index (χ1n) is 7.07. The third kappa shape index (κ3) is 1.75. The number of hydrogen-bond acceptors (Lipinski definition) is 6. The second-order valence-electron chi connectivity index (χ2n) is 5.92. The summed E-state index contributed by atoms with van der Waals surface area (Å²) in [6.45, 7) is 0.133. The maximum absolute atomic E-state index is 12.7. The number of carboxylic acid groups (broad SMARTS) is 1. The summed E-state index contributed by atoms with van der Waals surface area (Å²) < 4.78 is 5.73. The van der Waals surface area contributed by atoms with Crippen molar-refractivity contribution in [3.8, 4) is 0 Å². The van der Waals surface area contributed by atoms with Crippen molar-refractivity contribution in [2.24, 2.45) is 11.8 Å². The quantitative estimate of drug-likeness (QED) is 0.427. The average molecular weight is 315 g/mol. The molecule has 1 aromatic rings. The second kappa shape index (κ2) is 4.39. The highest BCUT2D eigenvalue weighted by Gasteiger charge is 2.65. The van der Waals surface area contributed by atoms with Gasteiger partial charge in [0.2, 0.25) is 5.91 Å². The zero-order chi connectivity index (χ0) is 16.4. The highest BCUT2D eigenvalue weighted by molar-refractivity contribution is 6.02. The van der Waals surface area contributed by atoms with Gasteiger partial charge in [-0.3, -0.25) is 14.9 Å². The van der Waals surface area contributed by atoms with Gasteiger partial charge in [0.25, 0.3) is 5.69 Å². The minimum Gasteiger partial charge on any atom is -0.550 e. The number of nitro benzene ring substituents is 1. The standard InChI is InChI=1S/C15H12N2O6/c18-13-12-11(14(19)20)10-4-5-15(12,23-10)7-16(13)8-2-1-3-9(6-8)17(21)22/h1-6,10-12H,7H2,(H,19,20)/p-1/t10-,11-,12-,15+/m0/s1. The zero-order valence-corrected chi connectivity index (χ0v) is 11.7. The summed E-state index contributed by atoms with van der Waals surface area (Å²) in [4.78, 5) is 35.8. The summed E-state index contributed by atoms with van der Waals surface area (Å²) in [5.41, 5.74) is -0.774. The molecule has 118 valence electrons. The predicted molar refractivity (Wildman–Crippen MR) is 74.2 cm³/mol. The molecule has 23 heavy (non-hydrogen) atoms. The number of nitrogens with zero attached hydrogens (tertiary/aromatic N) is 2. The van der Waals surface area contributed by atoms with Gasteiger partial charge in [-0.05, 0) is 6.07 Å². The highest BCUT2D eigenvalue weighted by Crippen LogP contribution is 2.52. The molecule has 3 heterocycles. The predicted octanol–water partition coefficient (Wildman–Crippen LogP) is -0.369. The molecule has 2 fully saturated rings. The van der Waals surface area contributed by atoms with Gasteiger partial charge in [-0.25, -0.2) is 0 Å². The molecule has 1 amide bonds. The van der Waals surface area contributed by atoms with E-state index in [1.54, 1.807) is 18.2 Å². The fraction of sp³-hybridized carbons (Fsp3) is 0.333. The number of anilines is 1. The number of carbonyl (C=O) groups excluding carboxylic acids is 2. The van der Waals surface area contributed by atoms with E-state index in [1.165, 1.54) is 23.1 Å². The van der Waals surface area contributed by atoms with Gasteiger partial charge >= 0.3 is 0 Å². The largest absolute Gasteiger partial charge is 0.550 e.